The van der Waals surface area contributed by atoms with E-state index in [1.807, 2.05) is 36.4 Å². The van der Waals surface area contributed by atoms with Gasteiger partial charge in [0.25, 0.3) is 0 Å². The zero-order chi connectivity index (χ0) is 14.1. The lowest BCUT2D eigenvalue weighted by atomic mass is 9.79. The van der Waals surface area contributed by atoms with Crippen LogP contribution in [0.15, 0.2) is 77.0 Å². The summed E-state index contributed by atoms with van der Waals surface area (Å²) in [5.41, 5.74) is 3.45. The number of nitrogens with zero attached hydrogens (tertiary/aromatic N) is 2. The van der Waals surface area contributed by atoms with Gasteiger partial charge in [-0.25, -0.2) is 0 Å². The van der Waals surface area contributed by atoms with Gasteiger partial charge in [0, 0.05) is 5.41 Å². The van der Waals surface area contributed by atoms with E-state index in [4.69, 9.17) is 0 Å². The molecule has 0 heterocycles. The summed E-state index contributed by atoms with van der Waals surface area (Å²) in [4.78, 5) is 0. The maximum absolute atomic E-state index is 4.52. The van der Waals surface area contributed by atoms with E-state index in [1.54, 1.807) is 0 Å². The lowest BCUT2D eigenvalue weighted by molar-refractivity contribution is 0.567. The third kappa shape index (κ3) is 2.21. The van der Waals surface area contributed by atoms with Crippen LogP contribution in [-0.4, -0.2) is 0 Å². The quantitative estimate of drug-likeness (QED) is 0.506. The van der Waals surface area contributed by atoms with Crippen LogP contribution in [0.3, 0.4) is 0 Å². The van der Waals surface area contributed by atoms with Gasteiger partial charge in [0.1, 0.15) is 0 Å². The Bertz CT molecular complexity index is 703. The monoisotopic (exact) mass is 274 g/mol. The molecular weight excluding hydrogens is 256 g/mol. The minimum atomic E-state index is 0.205. The summed E-state index contributed by atoms with van der Waals surface area (Å²) >= 11 is 0. The summed E-state index contributed by atoms with van der Waals surface area (Å²) in [6.45, 7) is 0. The molecule has 0 aromatic heterocycles. The molecule has 2 aliphatic rings. The Morgan fingerprint density at radius 3 is 2.43 bits per heavy atom. The van der Waals surface area contributed by atoms with Crippen LogP contribution in [0.1, 0.15) is 24.8 Å². The van der Waals surface area contributed by atoms with Gasteiger partial charge >= 0.3 is 0 Å². The van der Waals surface area contributed by atoms with E-state index in [9.17, 15) is 0 Å². The molecule has 21 heavy (non-hydrogen) atoms. The Labute approximate surface area is 125 Å². The molecule has 2 bridgehead atoms. The molecule has 0 N–H and O–H groups in total. The van der Waals surface area contributed by atoms with Crippen LogP contribution in [0, 0.1) is 5.92 Å². The highest BCUT2D eigenvalue weighted by Gasteiger charge is 2.43. The molecule has 104 valence electrons. The van der Waals surface area contributed by atoms with Crippen LogP contribution in [0.25, 0.3) is 0 Å². The minimum absolute atomic E-state index is 0.205. The van der Waals surface area contributed by atoms with E-state index in [0.717, 1.165) is 17.3 Å². The Morgan fingerprint density at radius 1 is 0.905 bits per heavy atom. The van der Waals surface area contributed by atoms with Crippen LogP contribution in [0.5, 0.6) is 0 Å². The summed E-state index contributed by atoms with van der Waals surface area (Å²) in [6.07, 6.45) is 8.57. The van der Waals surface area contributed by atoms with Crippen LogP contribution < -0.4 is 0 Å². The number of hydrogen-bond acceptors (Lipinski definition) is 2. The highest BCUT2D eigenvalue weighted by atomic mass is 15.1. The van der Waals surface area contributed by atoms with Gasteiger partial charge < -0.3 is 0 Å². The number of fused-ring (bicyclic) bond motifs is 2. The van der Waals surface area contributed by atoms with Gasteiger partial charge in [0.2, 0.25) is 0 Å². The van der Waals surface area contributed by atoms with E-state index < -0.39 is 0 Å². The first-order chi connectivity index (χ1) is 10.4. The van der Waals surface area contributed by atoms with Gasteiger partial charge in [0.15, 0.2) is 0 Å². The summed E-state index contributed by atoms with van der Waals surface area (Å²) in [7, 11) is 0. The molecule has 0 saturated heterocycles. The predicted octanol–water partition coefficient (Wildman–Crippen LogP) is 5.71. The van der Waals surface area contributed by atoms with Gasteiger partial charge in [-0.2, -0.15) is 10.2 Å². The van der Waals surface area contributed by atoms with Crippen molar-refractivity contribution < 1.29 is 0 Å². The molecule has 2 aromatic rings. The van der Waals surface area contributed by atoms with Crippen LogP contribution in [0.4, 0.5) is 11.4 Å². The third-order valence-corrected chi connectivity index (χ3v) is 4.74. The lowest BCUT2D eigenvalue weighted by Crippen LogP contribution is -2.17. The minimum Gasteiger partial charge on any atom is -0.151 e. The van der Waals surface area contributed by atoms with Crippen molar-refractivity contribution in [3.05, 3.63) is 72.3 Å². The van der Waals surface area contributed by atoms with Crippen molar-refractivity contribution in [2.45, 2.75) is 24.7 Å². The van der Waals surface area contributed by atoms with E-state index in [0.29, 0.717) is 0 Å². The smallest absolute Gasteiger partial charge is 0.0897 e. The van der Waals surface area contributed by atoms with E-state index in [2.05, 4.69) is 40.6 Å². The van der Waals surface area contributed by atoms with Gasteiger partial charge in [-0.05, 0) is 48.9 Å². The van der Waals surface area contributed by atoms with Crippen LogP contribution in [-0.2, 0) is 5.41 Å². The molecule has 1 saturated carbocycles. The Morgan fingerprint density at radius 2 is 1.71 bits per heavy atom. The number of azo groups is 1. The molecule has 0 radical (unpaired) electrons. The van der Waals surface area contributed by atoms with E-state index >= 15 is 0 Å². The molecule has 2 aliphatic carbocycles. The van der Waals surface area contributed by atoms with E-state index in [-0.39, 0.29) is 5.41 Å². The molecular formula is C19H18N2. The van der Waals surface area contributed by atoms with Crippen molar-refractivity contribution in [3.8, 4) is 0 Å². The van der Waals surface area contributed by atoms with Gasteiger partial charge in [-0.3, -0.25) is 0 Å². The first-order valence-corrected chi connectivity index (χ1v) is 7.61. The molecule has 1 fully saturated rings. The average molecular weight is 274 g/mol. The number of hydrogen-bond donors (Lipinski definition) is 0. The van der Waals surface area contributed by atoms with E-state index in [1.165, 1.54) is 24.8 Å². The first kappa shape index (κ1) is 12.5. The van der Waals surface area contributed by atoms with Crippen LogP contribution in [0.2, 0.25) is 0 Å². The van der Waals surface area contributed by atoms with Gasteiger partial charge in [-0.1, -0.05) is 48.6 Å². The molecule has 0 spiro atoms. The summed E-state index contributed by atoms with van der Waals surface area (Å²) in [5, 5.41) is 8.91. The topological polar surface area (TPSA) is 24.7 Å². The summed E-state index contributed by atoms with van der Waals surface area (Å²) in [6, 6.07) is 18.4. The molecule has 2 heteroatoms. The molecule has 0 amide bonds. The fraction of sp³-hybridized carbons (Fsp3) is 0.263. The maximum atomic E-state index is 4.52. The molecule has 2 aromatic carbocycles. The molecule has 0 aliphatic heterocycles. The normalized spacial score (nSPS) is 26.8. The Hall–Kier alpha value is -2.22. The summed E-state index contributed by atoms with van der Waals surface area (Å²) < 4.78 is 0. The largest absolute Gasteiger partial charge is 0.151 e. The highest BCUT2D eigenvalue weighted by Crippen LogP contribution is 2.52. The fourth-order valence-corrected chi connectivity index (χ4v) is 3.67. The van der Waals surface area contributed by atoms with Crippen molar-refractivity contribution in [1.82, 2.24) is 0 Å². The maximum Gasteiger partial charge on any atom is 0.0897 e. The lowest BCUT2D eigenvalue weighted by Gasteiger charge is -2.25. The second kappa shape index (κ2) is 4.96. The summed E-state index contributed by atoms with van der Waals surface area (Å²) in [5.74, 6) is 0.768. The number of benzene rings is 2. The fourth-order valence-electron chi connectivity index (χ4n) is 3.67. The standard InChI is InChI=1S/C19H18N2/c1-2-6-16(7-3-1)20-21-18-9-5-4-8-17(18)19-12-10-15(14-19)11-13-19/h1-10,12,15H,11,13-14H2. The Kier molecular flexibility index (Phi) is 2.95. The number of rotatable bonds is 3. The Balaban J connectivity index is 1.71. The van der Waals surface area contributed by atoms with Crippen molar-refractivity contribution in [2.75, 3.05) is 0 Å². The number of allylic oxidation sites excluding steroid dienone is 2. The highest BCUT2D eigenvalue weighted by molar-refractivity contribution is 5.54. The molecule has 2 nitrogen and oxygen atoms in total. The molecule has 2 atom stereocenters. The van der Waals surface area contributed by atoms with Crippen molar-refractivity contribution in [1.29, 1.82) is 0 Å². The third-order valence-electron chi connectivity index (χ3n) is 4.74. The second-order valence-corrected chi connectivity index (χ2v) is 6.07. The second-order valence-electron chi connectivity index (χ2n) is 6.07. The average Bonchev–Trinajstić information content (AvgIpc) is 3.16. The van der Waals surface area contributed by atoms with Crippen molar-refractivity contribution >= 4 is 11.4 Å². The molecule has 4 rings (SSSR count). The predicted molar refractivity (Wildman–Crippen MR) is 85.2 cm³/mol. The zero-order valence-corrected chi connectivity index (χ0v) is 11.9. The van der Waals surface area contributed by atoms with Crippen LogP contribution >= 0.6 is 0 Å². The molecule has 2 unspecified atom stereocenters. The van der Waals surface area contributed by atoms with Gasteiger partial charge in [-0.15, -0.1) is 0 Å². The van der Waals surface area contributed by atoms with Gasteiger partial charge in [0.05, 0.1) is 11.4 Å². The van der Waals surface area contributed by atoms with Crippen molar-refractivity contribution in [3.63, 3.8) is 0 Å². The van der Waals surface area contributed by atoms with Crippen molar-refractivity contribution in [2.24, 2.45) is 16.1 Å². The zero-order valence-electron chi connectivity index (χ0n) is 11.9. The first-order valence-electron chi connectivity index (χ1n) is 7.61. The SMILES string of the molecule is C1=CC2(c3ccccc3N=Nc3ccccc3)CCC1C2.